The lowest BCUT2D eigenvalue weighted by Crippen LogP contribution is -2.87. The summed E-state index contributed by atoms with van der Waals surface area (Å²) in [5.41, 5.74) is 1.93. The van der Waals surface area contributed by atoms with Crippen molar-refractivity contribution in [1.82, 2.24) is 0 Å². The highest BCUT2D eigenvalue weighted by molar-refractivity contribution is 7.99. The van der Waals surface area contributed by atoms with E-state index in [0.29, 0.717) is 12.3 Å². The summed E-state index contributed by atoms with van der Waals surface area (Å²) >= 11 is 3.12. The van der Waals surface area contributed by atoms with Gasteiger partial charge in [0.2, 0.25) is 0 Å². The second kappa shape index (κ2) is 9.93. The van der Waals surface area contributed by atoms with Gasteiger partial charge in [0.05, 0.1) is 22.4 Å². The molecular formula is C21H20N3OS2+. The number of benzene rings is 2. The minimum absolute atomic E-state index is 0.0579. The smallest absolute Gasteiger partial charge is 0.279 e. The van der Waals surface area contributed by atoms with Crippen LogP contribution in [0.3, 0.4) is 0 Å². The first-order chi connectivity index (χ1) is 13.3. The van der Waals surface area contributed by atoms with Gasteiger partial charge in [-0.25, -0.2) is 0 Å². The fourth-order valence-corrected chi connectivity index (χ4v) is 4.30. The van der Waals surface area contributed by atoms with Gasteiger partial charge in [-0.3, -0.25) is 4.79 Å². The molecule has 136 valence electrons. The first-order valence-electron chi connectivity index (χ1n) is 8.58. The highest BCUT2D eigenvalue weighted by Gasteiger charge is 2.20. The monoisotopic (exact) mass is 394 g/mol. The Labute approximate surface area is 167 Å². The van der Waals surface area contributed by atoms with Crippen LogP contribution >= 0.6 is 23.1 Å². The Kier molecular flexibility index (Phi) is 7.05. The van der Waals surface area contributed by atoms with Crippen LogP contribution in [0.25, 0.3) is 0 Å². The maximum absolute atomic E-state index is 12.5. The number of quaternary nitrogens is 1. The fraction of sp³-hybridized carbons (Fsp3) is 0.143. The third-order valence-corrected chi connectivity index (χ3v) is 5.90. The molecule has 1 aromatic heterocycles. The molecule has 0 unspecified atom stereocenters. The molecule has 0 saturated carbocycles. The van der Waals surface area contributed by atoms with E-state index in [1.165, 1.54) is 22.2 Å². The number of nitrogens with zero attached hydrogens (tertiary/aromatic N) is 1. The van der Waals surface area contributed by atoms with Crippen molar-refractivity contribution in [3.8, 4) is 6.07 Å². The zero-order valence-electron chi connectivity index (χ0n) is 14.7. The normalized spacial score (nSPS) is 11.5. The molecule has 1 amide bonds. The molecule has 1 atom stereocenters. The van der Waals surface area contributed by atoms with Gasteiger partial charge in [-0.1, -0.05) is 48.5 Å². The molecule has 0 aliphatic rings. The van der Waals surface area contributed by atoms with Crippen LogP contribution in [0.2, 0.25) is 0 Å². The molecule has 0 fully saturated rings. The number of hydrogen-bond donors (Lipinski definition) is 2. The number of rotatable bonds is 8. The Bertz CT molecular complexity index is 905. The van der Waals surface area contributed by atoms with Crippen molar-refractivity contribution in [1.29, 1.82) is 5.26 Å². The molecule has 4 nitrogen and oxygen atoms in total. The fourth-order valence-electron chi connectivity index (χ4n) is 2.78. The average Bonchev–Trinajstić information content (AvgIpc) is 3.23. The molecule has 3 aromatic rings. The van der Waals surface area contributed by atoms with E-state index in [9.17, 15) is 4.79 Å². The maximum atomic E-state index is 12.5. The molecule has 0 aliphatic carbocycles. The van der Waals surface area contributed by atoms with Gasteiger partial charge < -0.3 is 10.6 Å². The van der Waals surface area contributed by atoms with Crippen molar-refractivity contribution in [2.24, 2.45) is 0 Å². The average molecular weight is 395 g/mol. The van der Waals surface area contributed by atoms with Crippen LogP contribution in [0.15, 0.2) is 77.0 Å². The van der Waals surface area contributed by atoms with Crippen molar-refractivity contribution in [2.75, 3.05) is 17.6 Å². The highest BCUT2D eigenvalue weighted by atomic mass is 32.2. The van der Waals surface area contributed by atoms with Gasteiger partial charge in [0.1, 0.15) is 6.04 Å². The molecule has 27 heavy (non-hydrogen) atoms. The summed E-state index contributed by atoms with van der Waals surface area (Å²) in [6, 6.07) is 24.1. The molecule has 3 rings (SSSR count). The zero-order valence-corrected chi connectivity index (χ0v) is 16.3. The number of thiophene rings is 1. The van der Waals surface area contributed by atoms with Gasteiger partial charge in [0, 0.05) is 10.5 Å². The molecular weight excluding hydrogens is 374 g/mol. The van der Waals surface area contributed by atoms with E-state index >= 15 is 0 Å². The minimum Gasteiger partial charge on any atom is -0.328 e. The molecule has 2 aromatic carbocycles. The number of hydrogen-bond acceptors (Lipinski definition) is 4. The summed E-state index contributed by atoms with van der Waals surface area (Å²) in [6.07, 6.45) is 0. The van der Waals surface area contributed by atoms with Crippen molar-refractivity contribution < 1.29 is 10.1 Å². The number of nitrogens with two attached hydrogens (primary N) is 1. The van der Waals surface area contributed by atoms with Gasteiger partial charge in [0.25, 0.3) is 5.91 Å². The molecule has 0 aliphatic heterocycles. The summed E-state index contributed by atoms with van der Waals surface area (Å²) in [4.78, 5) is 14.7. The number of carbonyl (C=O) groups is 1. The SMILES string of the molecule is N#CCSc1ccccc1NC(=O)C[NH2+][C@@H](c1ccccc1)c1cccs1. The van der Waals surface area contributed by atoms with Gasteiger partial charge in [-0.2, -0.15) is 5.26 Å². The molecule has 6 heteroatoms. The van der Waals surface area contributed by atoms with Crippen molar-refractivity contribution in [3.63, 3.8) is 0 Å². The number of amides is 1. The number of nitriles is 1. The molecule has 3 N–H and O–H groups in total. The van der Waals surface area contributed by atoms with Crippen LogP contribution in [0.4, 0.5) is 5.69 Å². The minimum atomic E-state index is -0.0579. The van der Waals surface area contributed by atoms with Crippen LogP contribution in [-0.2, 0) is 4.79 Å². The quantitative estimate of drug-likeness (QED) is 0.573. The van der Waals surface area contributed by atoms with Crippen molar-refractivity contribution in [3.05, 3.63) is 82.6 Å². The molecule has 0 radical (unpaired) electrons. The lowest BCUT2D eigenvalue weighted by molar-refractivity contribution is -0.675. The van der Waals surface area contributed by atoms with E-state index in [4.69, 9.17) is 5.26 Å². The van der Waals surface area contributed by atoms with E-state index in [1.54, 1.807) is 11.3 Å². The summed E-state index contributed by atoms with van der Waals surface area (Å²) in [5, 5.41) is 15.9. The van der Waals surface area contributed by atoms with E-state index in [1.807, 2.05) is 48.5 Å². The summed E-state index contributed by atoms with van der Waals surface area (Å²) in [7, 11) is 0. The predicted octanol–water partition coefficient (Wildman–Crippen LogP) is 3.66. The summed E-state index contributed by atoms with van der Waals surface area (Å²) in [6.45, 7) is 0.314. The molecule has 0 spiro atoms. The lowest BCUT2D eigenvalue weighted by Gasteiger charge is -2.15. The van der Waals surface area contributed by atoms with Crippen LogP contribution in [0, 0.1) is 11.3 Å². The molecule has 1 heterocycles. The Morgan fingerprint density at radius 3 is 2.63 bits per heavy atom. The van der Waals surface area contributed by atoms with Crippen molar-refractivity contribution >= 4 is 34.7 Å². The van der Waals surface area contributed by atoms with E-state index < -0.39 is 0 Å². The van der Waals surface area contributed by atoms with Crippen LogP contribution in [-0.4, -0.2) is 18.2 Å². The van der Waals surface area contributed by atoms with E-state index in [-0.39, 0.29) is 11.9 Å². The zero-order chi connectivity index (χ0) is 18.9. The third-order valence-electron chi connectivity index (χ3n) is 4.00. The highest BCUT2D eigenvalue weighted by Crippen LogP contribution is 2.26. The number of thioether (sulfide) groups is 1. The lowest BCUT2D eigenvalue weighted by atomic mass is 10.1. The number of para-hydroxylation sites is 1. The Morgan fingerprint density at radius 1 is 1.11 bits per heavy atom. The van der Waals surface area contributed by atoms with Gasteiger partial charge in [-0.15, -0.1) is 23.1 Å². The summed E-state index contributed by atoms with van der Waals surface area (Å²) in [5.74, 6) is 0.297. The van der Waals surface area contributed by atoms with Crippen LogP contribution < -0.4 is 10.6 Å². The predicted molar refractivity (Wildman–Crippen MR) is 111 cm³/mol. The second-order valence-corrected chi connectivity index (χ2v) is 7.83. The molecule has 0 bridgehead atoms. The second-order valence-electron chi connectivity index (χ2n) is 5.83. The topological polar surface area (TPSA) is 69.5 Å². The van der Waals surface area contributed by atoms with Crippen LogP contribution in [0.1, 0.15) is 16.5 Å². The van der Waals surface area contributed by atoms with E-state index in [0.717, 1.165) is 10.6 Å². The van der Waals surface area contributed by atoms with Gasteiger partial charge >= 0.3 is 0 Å². The molecule has 0 saturated heterocycles. The Morgan fingerprint density at radius 2 is 1.89 bits per heavy atom. The number of nitrogens with one attached hydrogen (secondary N) is 1. The largest absolute Gasteiger partial charge is 0.328 e. The first-order valence-corrected chi connectivity index (χ1v) is 10.4. The Balaban J connectivity index is 1.66. The Hall–Kier alpha value is -2.59. The van der Waals surface area contributed by atoms with E-state index in [2.05, 4.69) is 40.3 Å². The number of anilines is 1. The standard InChI is InChI=1S/C21H19N3OS2/c22-12-14-27-18-10-5-4-9-17(18)24-20(25)15-23-21(19-11-6-13-26-19)16-7-2-1-3-8-16/h1-11,13,21,23H,14-15H2,(H,24,25)/p+1/t21-/m0/s1. The van der Waals surface area contributed by atoms with Gasteiger partial charge in [0.15, 0.2) is 6.54 Å². The van der Waals surface area contributed by atoms with Crippen LogP contribution in [0.5, 0.6) is 0 Å². The third kappa shape index (κ3) is 5.44. The number of carbonyl (C=O) groups excluding carboxylic acids is 1. The van der Waals surface area contributed by atoms with Crippen molar-refractivity contribution in [2.45, 2.75) is 10.9 Å². The van der Waals surface area contributed by atoms with Gasteiger partial charge in [-0.05, 0) is 23.6 Å². The summed E-state index contributed by atoms with van der Waals surface area (Å²) < 4.78 is 0. The maximum Gasteiger partial charge on any atom is 0.279 e. The first kappa shape index (κ1) is 19.2.